The maximum atomic E-state index is 10.4. The van der Waals surface area contributed by atoms with Crippen molar-refractivity contribution in [2.75, 3.05) is 13.1 Å². The highest BCUT2D eigenvalue weighted by molar-refractivity contribution is 5.57. The minimum Gasteiger partial charge on any atom is -0.301 e. The third-order valence-corrected chi connectivity index (χ3v) is 1.81. The smallest absolute Gasteiger partial charge is 0.145 e. The van der Waals surface area contributed by atoms with E-state index in [1.165, 1.54) is 0 Å². The predicted molar refractivity (Wildman–Crippen MR) is 39.8 cm³/mol. The number of hydrogen-bond acceptors (Lipinski definition) is 3. The average Bonchev–Trinajstić information content (AvgIpc) is 2.52. The Hall–Kier alpha value is -1.06. The molecule has 0 saturated carbocycles. The van der Waals surface area contributed by atoms with Crippen molar-refractivity contribution in [3.05, 3.63) is 10.4 Å². The van der Waals surface area contributed by atoms with Crippen molar-refractivity contribution in [1.82, 2.24) is 4.90 Å². The molecule has 1 aliphatic rings. The maximum Gasteiger partial charge on any atom is 0.145 e. The first kappa shape index (κ1) is 8.04. The zero-order chi connectivity index (χ0) is 8.10. The van der Waals surface area contributed by atoms with Gasteiger partial charge in [-0.05, 0) is 31.5 Å². The Morgan fingerprint density at radius 2 is 2.18 bits per heavy atom. The lowest BCUT2D eigenvalue weighted by molar-refractivity contribution is -0.111. The fraction of sp³-hybridized carbons (Fsp3) is 0.833. The zero-order valence-corrected chi connectivity index (χ0v) is 6.18. The van der Waals surface area contributed by atoms with E-state index < -0.39 is 6.17 Å². The second-order valence-corrected chi connectivity index (χ2v) is 2.50. The SMILES string of the molecule is [N-]=[N+]=NC(C=O)N1CCCC1. The van der Waals surface area contributed by atoms with Crippen molar-refractivity contribution in [2.24, 2.45) is 5.11 Å². The van der Waals surface area contributed by atoms with Crippen molar-refractivity contribution in [3.63, 3.8) is 0 Å². The Balaban J connectivity index is 2.52. The molecule has 1 unspecified atom stereocenters. The van der Waals surface area contributed by atoms with E-state index in [0.29, 0.717) is 6.29 Å². The number of nitrogens with zero attached hydrogens (tertiary/aromatic N) is 4. The third kappa shape index (κ3) is 1.93. The van der Waals surface area contributed by atoms with Crippen LogP contribution in [0.4, 0.5) is 0 Å². The molecule has 1 atom stereocenters. The molecule has 5 heteroatoms. The highest BCUT2D eigenvalue weighted by Gasteiger charge is 2.19. The van der Waals surface area contributed by atoms with Crippen LogP contribution < -0.4 is 0 Å². The van der Waals surface area contributed by atoms with E-state index in [2.05, 4.69) is 10.0 Å². The lowest BCUT2D eigenvalue weighted by Gasteiger charge is -2.16. The molecule has 0 aromatic carbocycles. The van der Waals surface area contributed by atoms with Crippen LogP contribution in [0, 0.1) is 0 Å². The van der Waals surface area contributed by atoms with Crippen LogP contribution in [0.5, 0.6) is 0 Å². The topological polar surface area (TPSA) is 69.1 Å². The van der Waals surface area contributed by atoms with Gasteiger partial charge in [-0.25, -0.2) is 0 Å². The van der Waals surface area contributed by atoms with Gasteiger partial charge in [0.1, 0.15) is 12.5 Å². The molecular formula is C6H10N4O. The van der Waals surface area contributed by atoms with E-state index in [1.54, 1.807) is 0 Å². The Kier molecular flexibility index (Phi) is 2.89. The van der Waals surface area contributed by atoms with Crippen LogP contribution in [0.1, 0.15) is 12.8 Å². The molecule has 0 radical (unpaired) electrons. The van der Waals surface area contributed by atoms with E-state index in [-0.39, 0.29) is 0 Å². The van der Waals surface area contributed by atoms with Crippen LogP contribution in [0.15, 0.2) is 5.11 Å². The number of azide groups is 1. The number of likely N-dealkylation sites (tertiary alicyclic amines) is 1. The third-order valence-electron chi connectivity index (χ3n) is 1.81. The number of carbonyl (C=O) groups is 1. The average molecular weight is 154 g/mol. The van der Waals surface area contributed by atoms with Gasteiger partial charge < -0.3 is 4.79 Å². The van der Waals surface area contributed by atoms with Gasteiger partial charge in [0.25, 0.3) is 0 Å². The molecule has 0 amide bonds. The maximum absolute atomic E-state index is 10.4. The van der Waals surface area contributed by atoms with E-state index in [4.69, 9.17) is 5.53 Å². The summed E-state index contributed by atoms with van der Waals surface area (Å²) >= 11 is 0. The van der Waals surface area contributed by atoms with Crippen LogP contribution in [0.25, 0.3) is 10.4 Å². The summed E-state index contributed by atoms with van der Waals surface area (Å²) in [5.41, 5.74) is 8.10. The molecule has 0 bridgehead atoms. The van der Waals surface area contributed by atoms with Crippen molar-refractivity contribution in [1.29, 1.82) is 0 Å². The predicted octanol–water partition coefficient (Wildman–Crippen LogP) is 0.918. The fourth-order valence-corrected chi connectivity index (χ4v) is 1.25. The standard InChI is InChI=1S/C6H10N4O/c7-9-8-6(5-11)10-3-1-2-4-10/h5-6H,1-4H2. The molecule has 1 heterocycles. The van der Waals surface area contributed by atoms with Gasteiger partial charge in [-0.2, -0.15) is 0 Å². The Morgan fingerprint density at radius 1 is 1.55 bits per heavy atom. The summed E-state index contributed by atoms with van der Waals surface area (Å²) in [4.78, 5) is 14.9. The lowest BCUT2D eigenvalue weighted by Crippen LogP contribution is -2.31. The van der Waals surface area contributed by atoms with Gasteiger partial charge in [0, 0.05) is 4.91 Å². The molecule has 1 fully saturated rings. The van der Waals surface area contributed by atoms with Gasteiger partial charge >= 0.3 is 0 Å². The van der Waals surface area contributed by atoms with Gasteiger partial charge in [0.15, 0.2) is 0 Å². The normalized spacial score (nSPS) is 20.7. The summed E-state index contributed by atoms with van der Waals surface area (Å²) < 4.78 is 0. The Morgan fingerprint density at radius 3 is 2.64 bits per heavy atom. The van der Waals surface area contributed by atoms with Crippen molar-refractivity contribution in [3.8, 4) is 0 Å². The second kappa shape index (κ2) is 3.95. The van der Waals surface area contributed by atoms with Crippen LogP contribution in [-0.2, 0) is 4.79 Å². The van der Waals surface area contributed by atoms with Gasteiger partial charge in [0.2, 0.25) is 0 Å². The highest BCUT2D eigenvalue weighted by Crippen LogP contribution is 2.10. The summed E-state index contributed by atoms with van der Waals surface area (Å²) in [5, 5.41) is 3.36. The molecule has 0 N–H and O–H groups in total. The molecule has 1 aliphatic heterocycles. The summed E-state index contributed by atoms with van der Waals surface area (Å²) in [6, 6.07) is 0. The van der Waals surface area contributed by atoms with Crippen LogP contribution >= 0.6 is 0 Å². The summed E-state index contributed by atoms with van der Waals surface area (Å²) in [6.07, 6.45) is 2.28. The fourth-order valence-electron chi connectivity index (χ4n) is 1.25. The second-order valence-electron chi connectivity index (χ2n) is 2.50. The minimum atomic E-state index is -0.581. The molecule has 1 rings (SSSR count). The minimum absolute atomic E-state index is 0.581. The van der Waals surface area contributed by atoms with Crippen molar-refractivity contribution in [2.45, 2.75) is 19.0 Å². The van der Waals surface area contributed by atoms with Gasteiger partial charge in [-0.3, -0.25) is 4.90 Å². The molecule has 0 aromatic rings. The quantitative estimate of drug-likeness (QED) is 0.262. The molecule has 0 aliphatic carbocycles. The van der Waals surface area contributed by atoms with Crippen molar-refractivity contribution >= 4 is 6.29 Å². The van der Waals surface area contributed by atoms with Gasteiger partial charge in [0.05, 0.1) is 0 Å². The van der Waals surface area contributed by atoms with Gasteiger partial charge in [-0.15, -0.1) is 0 Å². The first-order valence-corrected chi connectivity index (χ1v) is 3.62. The number of aldehydes is 1. The molecular weight excluding hydrogens is 144 g/mol. The van der Waals surface area contributed by atoms with Gasteiger partial charge in [-0.1, -0.05) is 5.11 Å². The molecule has 1 saturated heterocycles. The summed E-state index contributed by atoms with van der Waals surface area (Å²) in [6.45, 7) is 1.73. The number of rotatable bonds is 3. The summed E-state index contributed by atoms with van der Waals surface area (Å²) in [5.74, 6) is 0. The molecule has 0 aromatic heterocycles. The Labute approximate surface area is 64.6 Å². The first-order chi connectivity index (χ1) is 5.38. The van der Waals surface area contributed by atoms with E-state index in [9.17, 15) is 4.79 Å². The monoisotopic (exact) mass is 154 g/mol. The van der Waals surface area contributed by atoms with Crippen LogP contribution in [-0.4, -0.2) is 30.4 Å². The van der Waals surface area contributed by atoms with Crippen LogP contribution in [0.3, 0.4) is 0 Å². The lowest BCUT2D eigenvalue weighted by atomic mass is 10.4. The Bertz CT molecular complexity index is 181. The molecule has 0 spiro atoms. The highest BCUT2D eigenvalue weighted by atomic mass is 16.1. The zero-order valence-electron chi connectivity index (χ0n) is 6.18. The molecule has 60 valence electrons. The van der Waals surface area contributed by atoms with Crippen molar-refractivity contribution < 1.29 is 4.79 Å². The molecule has 5 nitrogen and oxygen atoms in total. The summed E-state index contributed by atoms with van der Waals surface area (Å²) in [7, 11) is 0. The largest absolute Gasteiger partial charge is 0.301 e. The van der Waals surface area contributed by atoms with E-state index in [1.807, 2.05) is 4.90 Å². The van der Waals surface area contributed by atoms with E-state index >= 15 is 0 Å². The van der Waals surface area contributed by atoms with E-state index in [0.717, 1.165) is 25.9 Å². The molecule has 11 heavy (non-hydrogen) atoms. The van der Waals surface area contributed by atoms with Crippen LogP contribution in [0.2, 0.25) is 0 Å². The number of hydrogen-bond donors (Lipinski definition) is 0. The first-order valence-electron chi connectivity index (χ1n) is 3.62. The number of carbonyl (C=O) groups excluding carboxylic acids is 1.